The van der Waals surface area contributed by atoms with Gasteiger partial charge in [0, 0.05) is 53.1 Å². The van der Waals surface area contributed by atoms with Crippen molar-refractivity contribution in [2.24, 2.45) is 0 Å². The average molecular weight is 452 g/mol. The first kappa shape index (κ1) is 20.8. The molecule has 1 aliphatic heterocycles. The summed E-state index contributed by atoms with van der Waals surface area (Å²) in [6, 6.07) is 19.4. The number of hydrogen-bond acceptors (Lipinski definition) is 4. The third-order valence-electron chi connectivity index (χ3n) is 5.56. The van der Waals surface area contributed by atoms with E-state index in [1.807, 2.05) is 48.7 Å². The second-order valence-electron chi connectivity index (χ2n) is 7.84. The molecule has 0 unspecified atom stereocenters. The number of fused-ring (bicyclic) bond motifs is 1. The zero-order chi connectivity index (χ0) is 22.1. The van der Waals surface area contributed by atoms with Gasteiger partial charge in [-0.1, -0.05) is 42.5 Å². The molecule has 2 aromatic heterocycles. The molecule has 0 atom stereocenters. The molecule has 0 saturated heterocycles. The third-order valence-corrected chi connectivity index (χ3v) is 6.68. The average Bonchev–Trinajstić information content (AvgIpc) is 3.27. The van der Waals surface area contributed by atoms with Gasteiger partial charge in [0.25, 0.3) is 0 Å². The molecular formula is C25H20F3N3S. The number of nitrogens with zero attached hydrogens (tertiary/aromatic N) is 3. The Labute approximate surface area is 188 Å². The molecule has 0 radical (unpaired) electrons. The van der Waals surface area contributed by atoms with Crippen molar-refractivity contribution in [2.45, 2.75) is 25.7 Å². The van der Waals surface area contributed by atoms with Crippen LogP contribution < -0.4 is 0 Å². The normalized spacial score (nSPS) is 14.3. The van der Waals surface area contributed by atoms with Gasteiger partial charge >= 0.3 is 6.18 Å². The van der Waals surface area contributed by atoms with Crippen molar-refractivity contribution in [3.63, 3.8) is 0 Å². The van der Waals surface area contributed by atoms with Crippen LogP contribution in [0.4, 0.5) is 13.2 Å². The summed E-state index contributed by atoms with van der Waals surface area (Å²) in [6.45, 7) is 2.40. The van der Waals surface area contributed by atoms with Crippen LogP contribution in [-0.2, 0) is 25.7 Å². The van der Waals surface area contributed by atoms with Crippen LogP contribution in [0.15, 0.2) is 72.9 Å². The molecular weight excluding hydrogens is 431 g/mol. The molecule has 0 spiro atoms. The highest BCUT2D eigenvalue weighted by atomic mass is 32.1. The van der Waals surface area contributed by atoms with Gasteiger partial charge in [-0.2, -0.15) is 13.2 Å². The van der Waals surface area contributed by atoms with Gasteiger partial charge in [0.1, 0.15) is 0 Å². The summed E-state index contributed by atoms with van der Waals surface area (Å²) in [6.07, 6.45) is -1.57. The Kier molecular flexibility index (Phi) is 5.53. The minimum Gasteiger partial charge on any atom is -0.293 e. The number of benzene rings is 2. The van der Waals surface area contributed by atoms with Gasteiger partial charge in [-0.05, 0) is 29.8 Å². The number of halogens is 3. The number of thiophene rings is 1. The Bertz CT molecular complexity index is 1230. The zero-order valence-corrected chi connectivity index (χ0v) is 18.0. The molecule has 0 saturated carbocycles. The molecule has 0 N–H and O–H groups in total. The number of rotatable bonds is 4. The molecule has 3 heterocycles. The maximum Gasteiger partial charge on any atom is 0.416 e. The molecule has 4 aromatic rings. The van der Waals surface area contributed by atoms with Gasteiger partial charge in [-0.25, -0.2) is 9.97 Å². The van der Waals surface area contributed by atoms with Gasteiger partial charge in [0.15, 0.2) is 5.82 Å². The van der Waals surface area contributed by atoms with Crippen LogP contribution in [0.5, 0.6) is 0 Å². The summed E-state index contributed by atoms with van der Waals surface area (Å²) >= 11 is 1.54. The monoisotopic (exact) mass is 451 g/mol. The topological polar surface area (TPSA) is 29.0 Å². The summed E-state index contributed by atoms with van der Waals surface area (Å²) in [4.78, 5) is 13.6. The van der Waals surface area contributed by atoms with Gasteiger partial charge < -0.3 is 0 Å². The second-order valence-corrected chi connectivity index (χ2v) is 9.01. The zero-order valence-electron chi connectivity index (χ0n) is 17.1. The highest BCUT2D eigenvalue weighted by molar-refractivity contribution is 7.15. The molecule has 3 nitrogen and oxygen atoms in total. The fourth-order valence-corrected chi connectivity index (χ4v) is 4.97. The van der Waals surface area contributed by atoms with E-state index in [0.717, 1.165) is 64.5 Å². The molecule has 0 aliphatic carbocycles. The van der Waals surface area contributed by atoms with E-state index >= 15 is 0 Å². The van der Waals surface area contributed by atoms with Crippen molar-refractivity contribution in [1.82, 2.24) is 14.9 Å². The van der Waals surface area contributed by atoms with Crippen molar-refractivity contribution in [2.75, 3.05) is 6.54 Å². The Morgan fingerprint density at radius 3 is 2.56 bits per heavy atom. The SMILES string of the molecule is FC(F)(F)c1cccc(-c2ccc(CN3CCc4nc(-c5ccccc5)ncc4C3)s2)c1. The molecule has 2 aromatic carbocycles. The van der Waals surface area contributed by atoms with E-state index in [4.69, 9.17) is 4.98 Å². The van der Waals surface area contributed by atoms with Crippen LogP contribution in [-0.4, -0.2) is 21.4 Å². The lowest BCUT2D eigenvalue weighted by atomic mass is 10.1. The summed E-state index contributed by atoms with van der Waals surface area (Å²) < 4.78 is 39.1. The Hall–Kier alpha value is -3.03. The number of hydrogen-bond donors (Lipinski definition) is 0. The van der Waals surface area contributed by atoms with Crippen LogP contribution >= 0.6 is 11.3 Å². The highest BCUT2D eigenvalue weighted by Gasteiger charge is 2.30. The van der Waals surface area contributed by atoms with Crippen LogP contribution in [0.1, 0.15) is 21.7 Å². The van der Waals surface area contributed by atoms with Crippen molar-refractivity contribution >= 4 is 11.3 Å². The summed E-state index contributed by atoms with van der Waals surface area (Å²) in [5.41, 5.74) is 3.21. The maximum atomic E-state index is 13.0. The standard InChI is InChI=1S/C25H20F3N3S/c26-25(27,28)20-8-4-7-18(13-20)23-10-9-21(32-23)16-31-12-11-22-19(15-31)14-29-24(30-22)17-5-2-1-3-6-17/h1-10,13-14H,11-12,15-16H2. The van der Waals surface area contributed by atoms with Gasteiger partial charge in [-0.15, -0.1) is 11.3 Å². The van der Waals surface area contributed by atoms with E-state index in [-0.39, 0.29) is 0 Å². The van der Waals surface area contributed by atoms with Crippen molar-refractivity contribution in [3.05, 3.63) is 94.6 Å². The van der Waals surface area contributed by atoms with E-state index in [1.54, 1.807) is 6.07 Å². The van der Waals surface area contributed by atoms with Gasteiger partial charge in [0.2, 0.25) is 0 Å². The molecule has 7 heteroatoms. The Morgan fingerprint density at radius 1 is 0.938 bits per heavy atom. The highest BCUT2D eigenvalue weighted by Crippen LogP contribution is 2.35. The predicted molar refractivity (Wildman–Crippen MR) is 120 cm³/mol. The third kappa shape index (κ3) is 4.45. The minimum atomic E-state index is -4.33. The fraction of sp³-hybridized carbons (Fsp3) is 0.200. The lowest BCUT2D eigenvalue weighted by molar-refractivity contribution is -0.137. The second kappa shape index (κ2) is 8.48. The van der Waals surface area contributed by atoms with Gasteiger partial charge in [-0.3, -0.25) is 4.90 Å². The van der Waals surface area contributed by atoms with E-state index in [2.05, 4.69) is 9.88 Å². The van der Waals surface area contributed by atoms with E-state index < -0.39 is 11.7 Å². The minimum absolute atomic E-state index is 0.599. The summed E-state index contributed by atoms with van der Waals surface area (Å²) in [5, 5.41) is 0. The lowest BCUT2D eigenvalue weighted by Crippen LogP contribution is -2.30. The molecule has 0 amide bonds. The smallest absolute Gasteiger partial charge is 0.293 e. The van der Waals surface area contributed by atoms with E-state index in [1.165, 1.54) is 23.5 Å². The fourth-order valence-electron chi connectivity index (χ4n) is 3.92. The molecule has 1 aliphatic rings. The molecule has 162 valence electrons. The predicted octanol–water partition coefficient (Wildman–Crippen LogP) is 6.45. The quantitative estimate of drug-likeness (QED) is 0.357. The maximum absolute atomic E-state index is 13.0. The van der Waals surface area contributed by atoms with E-state index in [0.29, 0.717) is 5.56 Å². The first-order valence-electron chi connectivity index (χ1n) is 10.3. The number of alkyl halides is 3. The first-order chi connectivity index (χ1) is 15.5. The molecule has 0 bridgehead atoms. The van der Waals surface area contributed by atoms with E-state index in [9.17, 15) is 13.2 Å². The summed E-state index contributed by atoms with van der Waals surface area (Å²) in [5.74, 6) is 0.752. The molecule has 5 rings (SSSR count). The van der Waals surface area contributed by atoms with Crippen molar-refractivity contribution in [3.8, 4) is 21.8 Å². The van der Waals surface area contributed by atoms with Crippen LogP contribution in [0.3, 0.4) is 0 Å². The van der Waals surface area contributed by atoms with Crippen molar-refractivity contribution in [1.29, 1.82) is 0 Å². The lowest BCUT2D eigenvalue weighted by Gasteiger charge is -2.27. The number of aromatic nitrogens is 2. The summed E-state index contributed by atoms with van der Waals surface area (Å²) in [7, 11) is 0. The molecule has 0 fully saturated rings. The van der Waals surface area contributed by atoms with Crippen LogP contribution in [0, 0.1) is 0 Å². The molecule has 32 heavy (non-hydrogen) atoms. The van der Waals surface area contributed by atoms with Gasteiger partial charge in [0.05, 0.1) is 11.3 Å². The van der Waals surface area contributed by atoms with Crippen LogP contribution in [0.25, 0.3) is 21.8 Å². The van der Waals surface area contributed by atoms with Crippen LogP contribution in [0.2, 0.25) is 0 Å². The Morgan fingerprint density at radius 2 is 1.75 bits per heavy atom. The van der Waals surface area contributed by atoms with Crippen molar-refractivity contribution < 1.29 is 13.2 Å². The Balaban J connectivity index is 1.29. The largest absolute Gasteiger partial charge is 0.416 e. The first-order valence-corrected chi connectivity index (χ1v) is 11.2.